The van der Waals surface area contributed by atoms with Crippen LogP contribution in [-0.4, -0.2) is 55.4 Å². The first-order valence-electron chi connectivity index (χ1n) is 9.14. The zero-order chi connectivity index (χ0) is 18.6. The summed E-state index contributed by atoms with van der Waals surface area (Å²) in [5.74, 6) is 1.75. The van der Waals surface area contributed by atoms with Crippen LogP contribution < -0.4 is 4.74 Å². The molecule has 142 valence electrons. The highest BCUT2D eigenvalue weighted by molar-refractivity contribution is 7.90. The Morgan fingerprint density at radius 3 is 2.96 bits per heavy atom. The van der Waals surface area contributed by atoms with Gasteiger partial charge in [-0.3, -0.25) is 4.90 Å². The van der Waals surface area contributed by atoms with Crippen LogP contribution in [0.4, 0.5) is 0 Å². The van der Waals surface area contributed by atoms with E-state index < -0.39 is 9.84 Å². The molecule has 1 aromatic carbocycles. The van der Waals surface area contributed by atoms with E-state index in [1.807, 2.05) is 6.20 Å². The molecule has 0 radical (unpaired) electrons. The van der Waals surface area contributed by atoms with Crippen molar-refractivity contribution in [1.29, 1.82) is 0 Å². The van der Waals surface area contributed by atoms with Gasteiger partial charge in [-0.2, -0.15) is 0 Å². The molecule has 1 saturated heterocycles. The number of piperidine rings is 1. The Morgan fingerprint density at radius 2 is 2.19 bits per heavy atom. The lowest BCUT2D eigenvalue weighted by atomic mass is 10.1. The average Bonchev–Trinajstić information content (AvgIpc) is 3.10. The molecule has 0 amide bonds. The Balaban J connectivity index is 1.54. The van der Waals surface area contributed by atoms with Crippen molar-refractivity contribution < 1.29 is 13.2 Å². The second-order valence-corrected chi connectivity index (χ2v) is 8.81. The van der Waals surface area contributed by atoms with Crippen LogP contribution in [0.3, 0.4) is 0 Å². The molecule has 1 aromatic heterocycles. The monoisotopic (exact) mass is 377 g/mol. The van der Waals surface area contributed by atoms with Gasteiger partial charge in [0, 0.05) is 44.2 Å². The fraction of sp³-hybridized carbons (Fsp3) is 0.526. The van der Waals surface area contributed by atoms with Crippen molar-refractivity contribution in [2.45, 2.75) is 37.1 Å². The van der Waals surface area contributed by atoms with Crippen molar-refractivity contribution in [3.63, 3.8) is 0 Å². The van der Waals surface area contributed by atoms with Crippen molar-refractivity contribution in [2.75, 3.05) is 32.5 Å². The number of hydrogen-bond donors (Lipinski definition) is 0. The van der Waals surface area contributed by atoms with E-state index in [1.165, 1.54) is 12.7 Å². The highest BCUT2D eigenvalue weighted by atomic mass is 32.2. The maximum atomic E-state index is 11.6. The molecule has 26 heavy (non-hydrogen) atoms. The van der Waals surface area contributed by atoms with Gasteiger partial charge < -0.3 is 9.30 Å². The summed E-state index contributed by atoms with van der Waals surface area (Å²) in [4.78, 5) is 7.14. The number of ether oxygens (including phenoxy) is 1. The summed E-state index contributed by atoms with van der Waals surface area (Å²) in [5.41, 5.74) is 0. The Morgan fingerprint density at radius 1 is 1.35 bits per heavy atom. The molecule has 1 unspecified atom stereocenters. The first-order valence-corrected chi connectivity index (χ1v) is 11.0. The number of benzene rings is 1. The average molecular weight is 378 g/mol. The van der Waals surface area contributed by atoms with Crippen LogP contribution >= 0.6 is 0 Å². The highest BCUT2D eigenvalue weighted by Gasteiger charge is 2.22. The molecule has 2 heterocycles. The third kappa shape index (κ3) is 4.65. The van der Waals surface area contributed by atoms with Gasteiger partial charge >= 0.3 is 0 Å². The number of hydrogen-bond acceptors (Lipinski definition) is 5. The quantitative estimate of drug-likeness (QED) is 0.742. The molecule has 0 aliphatic carbocycles. The summed E-state index contributed by atoms with van der Waals surface area (Å²) < 4.78 is 31.4. The van der Waals surface area contributed by atoms with Gasteiger partial charge in [0.05, 0.1) is 4.90 Å². The minimum Gasteiger partial charge on any atom is -0.492 e. The van der Waals surface area contributed by atoms with E-state index in [0.717, 1.165) is 38.3 Å². The molecule has 3 rings (SSSR count). The number of aryl methyl sites for hydroxylation is 1. The van der Waals surface area contributed by atoms with Crippen LogP contribution in [0.1, 0.15) is 31.6 Å². The molecule has 2 aromatic rings. The Labute approximate surface area is 155 Å². The standard InChI is InChI=1S/C19H27N3O3S/c1-3-19-20-9-11-22(19)16-6-5-10-21(15-16)12-13-25-17-7-4-8-18(14-17)26(2,23)24/h4,7-9,11,14,16H,3,5-6,10,12-13,15H2,1-2H3. The van der Waals surface area contributed by atoms with E-state index in [9.17, 15) is 8.42 Å². The van der Waals surface area contributed by atoms with Crippen LogP contribution in [0, 0.1) is 0 Å². The van der Waals surface area contributed by atoms with E-state index in [2.05, 4.69) is 27.6 Å². The number of sulfone groups is 1. The topological polar surface area (TPSA) is 64.4 Å². The molecular weight excluding hydrogens is 350 g/mol. The molecule has 6 nitrogen and oxygen atoms in total. The van der Waals surface area contributed by atoms with Crippen LogP contribution in [-0.2, 0) is 16.3 Å². The summed E-state index contributed by atoms with van der Waals surface area (Å²) in [6.07, 6.45) is 8.46. The normalized spacial score (nSPS) is 18.8. The Kier molecular flexibility index (Phi) is 5.98. The first-order chi connectivity index (χ1) is 12.5. The van der Waals surface area contributed by atoms with Crippen molar-refractivity contribution in [3.8, 4) is 5.75 Å². The van der Waals surface area contributed by atoms with Crippen LogP contribution in [0.5, 0.6) is 5.75 Å². The lowest BCUT2D eigenvalue weighted by molar-refractivity contribution is 0.148. The second-order valence-electron chi connectivity index (χ2n) is 6.80. The van der Waals surface area contributed by atoms with Gasteiger partial charge in [0.2, 0.25) is 0 Å². The number of aromatic nitrogens is 2. The molecule has 1 atom stereocenters. The number of nitrogens with zero attached hydrogens (tertiary/aromatic N) is 3. The largest absolute Gasteiger partial charge is 0.492 e. The van der Waals surface area contributed by atoms with Gasteiger partial charge in [-0.05, 0) is 37.6 Å². The van der Waals surface area contributed by atoms with Crippen molar-refractivity contribution >= 4 is 9.84 Å². The second kappa shape index (κ2) is 8.22. The Bertz CT molecular complexity index is 832. The molecule has 1 aliphatic heterocycles. The summed E-state index contributed by atoms with van der Waals surface area (Å²) >= 11 is 0. The van der Waals surface area contributed by atoms with Crippen molar-refractivity contribution in [2.24, 2.45) is 0 Å². The number of rotatable bonds is 7. The molecule has 1 aliphatic rings. The third-order valence-corrected chi connectivity index (χ3v) is 5.96. The minimum atomic E-state index is -3.21. The molecule has 1 fully saturated rings. The van der Waals surface area contributed by atoms with E-state index >= 15 is 0 Å². The lowest BCUT2D eigenvalue weighted by Gasteiger charge is -2.34. The number of imidazole rings is 1. The molecule has 0 spiro atoms. The van der Waals surface area contributed by atoms with Gasteiger partial charge in [0.1, 0.15) is 18.2 Å². The van der Waals surface area contributed by atoms with Crippen LogP contribution in [0.15, 0.2) is 41.6 Å². The van der Waals surface area contributed by atoms with E-state index in [4.69, 9.17) is 4.74 Å². The van der Waals surface area contributed by atoms with Crippen molar-refractivity contribution in [3.05, 3.63) is 42.5 Å². The first kappa shape index (κ1) is 18.9. The van der Waals surface area contributed by atoms with E-state index in [-0.39, 0.29) is 0 Å². The van der Waals surface area contributed by atoms with Gasteiger partial charge in [0.15, 0.2) is 9.84 Å². The van der Waals surface area contributed by atoms with Gasteiger partial charge in [-0.25, -0.2) is 13.4 Å². The Hall–Kier alpha value is -1.86. The van der Waals surface area contributed by atoms with Crippen molar-refractivity contribution in [1.82, 2.24) is 14.5 Å². The zero-order valence-corrected chi connectivity index (χ0v) is 16.3. The van der Waals surface area contributed by atoms with Crippen LogP contribution in [0.2, 0.25) is 0 Å². The summed E-state index contributed by atoms with van der Waals surface area (Å²) in [5, 5.41) is 0. The third-order valence-electron chi connectivity index (χ3n) is 4.85. The highest BCUT2D eigenvalue weighted by Crippen LogP contribution is 2.23. The summed E-state index contributed by atoms with van der Waals surface area (Å²) in [6, 6.07) is 7.16. The van der Waals surface area contributed by atoms with Gasteiger partial charge in [-0.1, -0.05) is 13.0 Å². The molecule has 0 saturated carbocycles. The predicted octanol–water partition coefficient (Wildman–Crippen LogP) is 2.56. The summed E-state index contributed by atoms with van der Waals surface area (Å²) in [6.45, 7) is 5.58. The zero-order valence-electron chi connectivity index (χ0n) is 15.5. The summed E-state index contributed by atoms with van der Waals surface area (Å²) in [7, 11) is -3.21. The van der Waals surface area contributed by atoms with E-state index in [1.54, 1.807) is 24.3 Å². The lowest BCUT2D eigenvalue weighted by Crippen LogP contribution is -2.39. The maximum absolute atomic E-state index is 11.6. The molecule has 0 bridgehead atoms. The van der Waals surface area contributed by atoms with Gasteiger partial charge in [-0.15, -0.1) is 0 Å². The van der Waals surface area contributed by atoms with Crippen LogP contribution in [0.25, 0.3) is 0 Å². The maximum Gasteiger partial charge on any atom is 0.175 e. The van der Waals surface area contributed by atoms with E-state index in [0.29, 0.717) is 23.3 Å². The SMILES string of the molecule is CCc1nccn1C1CCCN(CCOc2cccc(S(C)(=O)=O)c2)C1. The van der Waals surface area contributed by atoms with Gasteiger partial charge in [0.25, 0.3) is 0 Å². The number of likely N-dealkylation sites (tertiary alicyclic amines) is 1. The fourth-order valence-electron chi connectivity index (χ4n) is 3.50. The minimum absolute atomic E-state index is 0.292. The smallest absolute Gasteiger partial charge is 0.175 e. The molecule has 7 heteroatoms. The molecule has 0 N–H and O–H groups in total. The predicted molar refractivity (Wildman–Crippen MR) is 101 cm³/mol. The fourth-order valence-corrected chi connectivity index (χ4v) is 4.15. The molecular formula is C19H27N3O3S.